The number of hydrogen-bond donors (Lipinski definition) is 0. The lowest BCUT2D eigenvalue weighted by Crippen LogP contribution is -2.30. The molecule has 0 saturated carbocycles. The van der Waals surface area contributed by atoms with Gasteiger partial charge in [-0.05, 0) is 24.3 Å². The molecule has 0 aliphatic carbocycles. The third-order valence-electron chi connectivity index (χ3n) is 3.00. The molecule has 0 aromatic heterocycles. The molecule has 2 rings (SSSR count). The van der Waals surface area contributed by atoms with Crippen molar-refractivity contribution in [2.75, 3.05) is 33.5 Å². The molecule has 4 nitrogen and oxygen atoms in total. The van der Waals surface area contributed by atoms with Gasteiger partial charge in [0.2, 0.25) is 0 Å². The zero-order valence-corrected chi connectivity index (χ0v) is 12.8. The first-order valence-electron chi connectivity index (χ1n) is 7.34. The van der Waals surface area contributed by atoms with Crippen LogP contribution in [-0.4, -0.2) is 39.6 Å². The summed E-state index contributed by atoms with van der Waals surface area (Å²) in [5, 5.41) is 0. The Balaban J connectivity index is 1.82. The van der Waals surface area contributed by atoms with Crippen LogP contribution in [0.25, 0.3) is 0 Å². The summed E-state index contributed by atoms with van der Waals surface area (Å²) in [6.45, 7) is 1.92. The Hall–Kier alpha value is -2.04. The molecule has 118 valence electrons. The van der Waals surface area contributed by atoms with Gasteiger partial charge in [0.15, 0.2) is 0 Å². The average molecular weight is 302 g/mol. The Morgan fingerprint density at radius 2 is 1.23 bits per heavy atom. The van der Waals surface area contributed by atoms with Gasteiger partial charge in [0.1, 0.15) is 30.8 Å². The zero-order chi connectivity index (χ0) is 15.5. The molecule has 0 saturated heterocycles. The fourth-order valence-electron chi connectivity index (χ4n) is 1.85. The van der Waals surface area contributed by atoms with Gasteiger partial charge in [-0.15, -0.1) is 0 Å². The highest BCUT2D eigenvalue weighted by Crippen LogP contribution is 2.12. The second kappa shape index (κ2) is 9.82. The predicted octanol–water partition coefficient (Wildman–Crippen LogP) is 3.18. The summed E-state index contributed by atoms with van der Waals surface area (Å²) in [6.07, 6.45) is -0.157. The molecule has 0 atom stereocenters. The van der Waals surface area contributed by atoms with Gasteiger partial charge in [-0.2, -0.15) is 0 Å². The van der Waals surface area contributed by atoms with E-state index in [1.165, 1.54) is 0 Å². The Labute approximate surface area is 131 Å². The van der Waals surface area contributed by atoms with Crippen molar-refractivity contribution in [2.24, 2.45) is 0 Å². The van der Waals surface area contributed by atoms with E-state index in [4.69, 9.17) is 18.9 Å². The Morgan fingerprint density at radius 3 is 1.68 bits per heavy atom. The predicted molar refractivity (Wildman–Crippen MR) is 85.5 cm³/mol. The smallest absolute Gasteiger partial charge is 0.125 e. The van der Waals surface area contributed by atoms with Gasteiger partial charge in [0, 0.05) is 7.11 Å². The van der Waals surface area contributed by atoms with Crippen molar-refractivity contribution >= 4 is 0 Å². The standard InChI is InChI=1S/C18H22O4/c1-19-12-13-20-18(14-21-16-8-4-2-5-9-16)15-22-17-10-6-3-7-11-17/h2-11,18H,12-15H2,1H3. The molecule has 0 spiro atoms. The van der Waals surface area contributed by atoms with Crippen LogP contribution in [0.2, 0.25) is 0 Å². The molecule has 0 unspecified atom stereocenters. The van der Waals surface area contributed by atoms with Gasteiger partial charge in [-0.3, -0.25) is 0 Å². The highest BCUT2D eigenvalue weighted by atomic mass is 16.6. The van der Waals surface area contributed by atoms with Crippen LogP contribution < -0.4 is 9.47 Å². The number of para-hydroxylation sites is 2. The minimum atomic E-state index is -0.157. The number of rotatable bonds is 10. The third-order valence-corrected chi connectivity index (χ3v) is 3.00. The van der Waals surface area contributed by atoms with Crippen molar-refractivity contribution in [1.82, 2.24) is 0 Å². The molecule has 0 radical (unpaired) electrons. The molecule has 4 heteroatoms. The monoisotopic (exact) mass is 302 g/mol. The maximum Gasteiger partial charge on any atom is 0.125 e. The molecule has 2 aromatic rings. The minimum Gasteiger partial charge on any atom is -0.491 e. The van der Waals surface area contributed by atoms with Crippen molar-refractivity contribution in [2.45, 2.75) is 6.10 Å². The van der Waals surface area contributed by atoms with Crippen molar-refractivity contribution in [3.63, 3.8) is 0 Å². The largest absolute Gasteiger partial charge is 0.491 e. The maximum atomic E-state index is 5.75. The summed E-state index contributed by atoms with van der Waals surface area (Å²) < 4.78 is 22.2. The van der Waals surface area contributed by atoms with E-state index >= 15 is 0 Å². The molecule has 0 bridgehead atoms. The van der Waals surface area contributed by atoms with Gasteiger partial charge in [-0.1, -0.05) is 36.4 Å². The van der Waals surface area contributed by atoms with Crippen LogP contribution in [0.3, 0.4) is 0 Å². The third kappa shape index (κ3) is 6.16. The molecule has 0 amide bonds. The zero-order valence-electron chi connectivity index (χ0n) is 12.8. The van der Waals surface area contributed by atoms with Crippen molar-refractivity contribution in [1.29, 1.82) is 0 Å². The molecular formula is C18H22O4. The van der Waals surface area contributed by atoms with Gasteiger partial charge in [0.25, 0.3) is 0 Å². The van der Waals surface area contributed by atoms with Gasteiger partial charge < -0.3 is 18.9 Å². The number of ether oxygens (including phenoxy) is 4. The number of hydrogen-bond acceptors (Lipinski definition) is 4. The van der Waals surface area contributed by atoms with Crippen LogP contribution >= 0.6 is 0 Å². The van der Waals surface area contributed by atoms with Crippen LogP contribution in [-0.2, 0) is 9.47 Å². The molecule has 2 aromatic carbocycles. The van der Waals surface area contributed by atoms with Crippen molar-refractivity contribution in [3.8, 4) is 11.5 Å². The Kier molecular flexibility index (Phi) is 7.29. The highest BCUT2D eigenvalue weighted by Gasteiger charge is 2.11. The molecule has 0 aliphatic heterocycles. The van der Waals surface area contributed by atoms with E-state index in [0.717, 1.165) is 11.5 Å². The van der Waals surface area contributed by atoms with E-state index in [0.29, 0.717) is 26.4 Å². The summed E-state index contributed by atoms with van der Waals surface area (Å²) in [5.41, 5.74) is 0. The summed E-state index contributed by atoms with van der Waals surface area (Å²) >= 11 is 0. The van der Waals surface area contributed by atoms with Crippen LogP contribution in [0.15, 0.2) is 60.7 Å². The van der Waals surface area contributed by atoms with Crippen LogP contribution in [0.4, 0.5) is 0 Å². The van der Waals surface area contributed by atoms with Crippen molar-refractivity contribution in [3.05, 3.63) is 60.7 Å². The first-order valence-corrected chi connectivity index (χ1v) is 7.34. The molecule has 22 heavy (non-hydrogen) atoms. The second-order valence-electron chi connectivity index (χ2n) is 4.73. The summed E-state index contributed by atoms with van der Waals surface area (Å²) in [4.78, 5) is 0. The normalized spacial score (nSPS) is 10.6. The van der Waals surface area contributed by atoms with E-state index < -0.39 is 0 Å². The van der Waals surface area contributed by atoms with E-state index in [9.17, 15) is 0 Å². The molecule has 0 aliphatic rings. The van der Waals surface area contributed by atoms with Gasteiger partial charge in [-0.25, -0.2) is 0 Å². The first-order chi connectivity index (χ1) is 10.9. The SMILES string of the molecule is COCCOC(COc1ccccc1)COc1ccccc1. The summed E-state index contributed by atoms with van der Waals surface area (Å²) in [7, 11) is 1.65. The average Bonchev–Trinajstić information content (AvgIpc) is 2.59. The van der Waals surface area contributed by atoms with E-state index in [1.807, 2.05) is 60.7 Å². The van der Waals surface area contributed by atoms with Crippen molar-refractivity contribution < 1.29 is 18.9 Å². The lowest BCUT2D eigenvalue weighted by atomic mass is 10.3. The number of methoxy groups -OCH3 is 1. The lowest BCUT2D eigenvalue weighted by Gasteiger charge is -2.19. The maximum absolute atomic E-state index is 5.75. The highest BCUT2D eigenvalue weighted by molar-refractivity contribution is 5.21. The van der Waals surface area contributed by atoms with Crippen LogP contribution in [0, 0.1) is 0 Å². The molecule has 0 fully saturated rings. The summed E-state index contributed by atoms with van der Waals surface area (Å²) in [6, 6.07) is 19.4. The molecular weight excluding hydrogens is 280 g/mol. The van der Waals surface area contributed by atoms with Gasteiger partial charge >= 0.3 is 0 Å². The summed E-state index contributed by atoms with van der Waals surface area (Å²) in [5.74, 6) is 1.64. The first kappa shape index (κ1) is 16.3. The lowest BCUT2D eigenvalue weighted by molar-refractivity contribution is -0.0264. The van der Waals surface area contributed by atoms with Crippen LogP contribution in [0.1, 0.15) is 0 Å². The second-order valence-corrected chi connectivity index (χ2v) is 4.73. The fraction of sp³-hybridized carbons (Fsp3) is 0.333. The van der Waals surface area contributed by atoms with Gasteiger partial charge in [0.05, 0.1) is 13.2 Å². The molecule has 0 heterocycles. The number of benzene rings is 2. The van der Waals surface area contributed by atoms with E-state index in [2.05, 4.69) is 0 Å². The minimum absolute atomic E-state index is 0.157. The van der Waals surface area contributed by atoms with Crippen LogP contribution in [0.5, 0.6) is 11.5 Å². The fourth-order valence-corrected chi connectivity index (χ4v) is 1.85. The topological polar surface area (TPSA) is 36.9 Å². The van der Waals surface area contributed by atoms with E-state index in [-0.39, 0.29) is 6.10 Å². The Bertz CT molecular complexity index is 458. The quantitative estimate of drug-likeness (QED) is 0.632. The Morgan fingerprint density at radius 1 is 0.727 bits per heavy atom. The molecule has 0 N–H and O–H groups in total. The van der Waals surface area contributed by atoms with E-state index in [1.54, 1.807) is 7.11 Å².